The Bertz CT molecular complexity index is 419. The van der Waals surface area contributed by atoms with Gasteiger partial charge in [0.25, 0.3) is 0 Å². The lowest BCUT2D eigenvalue weighted by Gasteiger charge is -2.33. The lowest BCUT2D eigenvalue weighted by atomic mass is 10.0. The number of hydrogen-bond donors (Lipinski definition) is 1. The van der Waals surface area contributed by atoms with E-state index in [0.29, 0.717) is 18.9 Å². The Balaban J connectivity index is 1.89. The van der Waals surface area contributed by atoms with Crippen LogP contribution in [-0.4, -0.2) is 50.1 Å². The number of aliphatic hydroxyl groups is 1. The largest absolute Gasteiger partial charge is 0.396 e. The standard InChI is InChI=1S/C13H22N4O2/c1-11-5-2-3-7-17(11)13(19)10-16-9-12(14-15-16)6-4-8-18/h9,11,18H,2-8,10H2,1H3. The number of hydrogen-bond acceptors (Lipinski definition) is 4. The Morgan fingerprint density at radius 3 is 3.11 bits per heavy atom. The second kappa shape index (κ2) is 6.65. The summed E-state index contributed by atoms with van der Waals surface area (Å²) < 4.78 is 1.59. The SMILES string of the molecule is CC1CCCCN1C(=O)Cn1cc(CCCO)nn1. The molecule has 1 unspecified atom stereocenters. The average molecular weight is 266 g/mol. The normalized spacial score (nSPS) is 19.7. The molecule has 1 aliphatic rings. The summed E-state index contributed by atoms with van der Waals surface area (Å²) in [6.45, 7) is 3.37. The van der Waals surface area contributed by atoms with E-state index in [1.807, 2.05) is 4.90 Å². The van der Waals surface area contributed by atoms with Gasteiger partial charge in [-0.1, -0.05) is 5.21 Å². The highest BCUT2D eigenvalue weighted by Gasteiger charge is 2.23. The van der Waals surface area contributed by atoms with Crippen molar-refractivity contribution in [1.82, 2.24) is 19.9 Å². The Hall–Kier alpha value is -1.43. The number of amides is 1. The highest BCUT2D eigenvalue weighted by atomic mass is 16.2. The molecule has 1 aliphatic heterocycles. The maximum atomic E-state index is 12.2. The fourth-order valence-electron chi connectivity index (χ4n) is 2.49. The molecule has 0 spiro atoms. The molecule has 2 rings (SSSR count). The minimum Gasteiger partial charge on any atom is -0.396 e. The van der Waals surface area contributed by atoms with Gasteiger partial charge in [-0.3, -0.25) is 4.79 Å². The molecule has 1 aromatic heterocycles. The molecule has 0 aromatic carbocycles. The van der Waals surface area contributed by atoms with Gasteiger partial charge in [0, 0.05) is 25.4 Å². The van der Waals surface area contributed by atoms with E-state index in [-0.39, 0.29) is 19.1 Å². The van der Waals surface area contributed by atoms with Crippen LogP contribution in [0.5, 0.6) is 0 Å². The van der Waals surface area contributed by atoms with Gasteiger partial charge in [-0.2, -0.15) is 0 Å². The Morgan fingerprint density at radius 1 is 1.53 bits per heavy atom. The summed E-state index contributed by atoms with van der Waals surface area (Å²) in [6.07, 6.45) is 6.56. The molecule has 1 atom stereocenters. The molecule has 19 heavy (non-hydrogen) atoms. The highest BCUT2D eigenvalue weighted by Crippen LogP contribution is 2.16. The van der Waals surface area contributed by atoms with E-state index in [4.69, 9.17) is 5.11 Å². The quantitative estimate of drug-likeness (QED) is 0.847. The molecular formula is C13H22N4O2. The van der Waals surface area contributed by atoms with Crippen LogP contribution >= 0.6 is 0 Å². The van der Waals surface area contributed by atoms with Gasteiger partial charge in [-0.15, -0.1) is 5.10 Å². The lowest BCUT2D eigenvalue weighted by Crippen LogP contribution is -2.43. The number of aryl methyl sites for hydroxylation is 1. The predicted octanol–water partition coefficient (Wildman–Crippen LogP) is 0.604. The van der Waals surface area contributed by atoms with Crippen molar-refractivity contribution in [3.63, 3.8) is 0 Å². The summed E-state index contributed by atoms with van der Waals surface area (Å²) in [5.74, 6) is 0.116. The number of piperidine rings is 1. The molecule has 0 radical (unpaired) electrons. The van der Waals surface area contributed by atoms with Crippen molar-refractivity contribution < 1.29 is 9.90 Å². The van der Waals surface area contributed by atoms with Gasteiger partial charge in [0.2, 0.25) is 5.91 Å². The minimum atomic E-state index is 0.116. The van der Waals surface area contributed by atoms with Crippen LogP contribution < -0.4 is 0 Å². The van der Waals surface area contributed by atoms with E-state index >= 15 is 0 Å². The highest BCUT2D eigenvalue weighted by molar-refractivity contribution is 5.76. The summed E-state index contributed by atoms with van der Waals surface area (Å²) in [4.78, 5) is 14.1. The van der Waals surface area contributed by atoms with Gasteiger partial charge in [-0.05, 0) is 39.0 Å². The minimum absolute atomic E-state index is 0.116. The van der Waals surface area contributed by atoms with Crippen molar-refractivity contribution in [2.75, 3.05) is 13.2 Å². The van der Waals surface area contributed by atoms with E-state index in [9.17, 15) is 4.79 Å². The average Bonchev–Trinajstić information content (AvgIpc) is 2.84. The molecule has 0 saturated carbocycles. The molecule has 2 heterocycles. The first-order valence-electron chi connectivity index (χ1n) is 7.00. The van der Waals surface area contributed by atoms with E-state index in [0.717, 1.165) is 25.1 Å². The number of nitrogens with zero attached hydrogens (tertiary/aromatic N) is 4. The third-order valence-electron chi connectivity index (χ3n) is 3.60. The van der Waals surface area contributed by atoms with Crippen molar-refractivity contribution in [3.8, 4) is 0 Å². The zero-order valence-electron chi connectivity index (χ0n) is 11.5. The zero-order valence-corrected chi connectivity index (χ0v) is 11.5. The molecule has 6 heteroatoms. The van der Waals surface area contributed by atoms with Crippen LogP contribution in [0.15, 0.2) is 6.20 Å². The summed E-state index contributed by atoms with van der Waals surface area (Å²) in [5.41, 5.74) is 0.827. The van der Waals surface area contributed by atoms with E-state index in [1.165, 1.54) is 6.42 Å². The predicted molar refractivity (Wildman–Crippen MR) is 70.5 cm³/mol. The fourth-order valence-corrected chi connectivity index (χ4v) is 2.49. The van der Waals surface area contributed by atoms with Crippen LogP contribution in [0, 0.1) is 0 Å². The third-order valence-corrected chi connectivity index (χ3v) is 3.60. The van der Waals surface area contributed by atoms with Crippen LogP contribution in [0.25, 0.3) is 0 Å². The first kappa shape index (κ1) is 14.0. The molecule has 1 N–H and O–H groups in total. The van der Waals surface area contributed by atoms with Crippen molar-refractivity contribution in [3.05, 3.63) is 11.9 Å². The van der Waals surface area contributed by atoms with Crippen molar-refractivity contribution >= 4 is 5.91 Å². The van der Waals surface area contributed by atoms with Crippen LogP contribution in [0.4, 0.5) is 0 Å². The number of carbonyl (C=O) groups is 1. The fraction of sp³-hybridized carbons (Fsp3) is 0.769. The van der Waals surface area contributed by atoms with Gasteiger partial charge in [-0.25, -0.2) is 4.68 Å². The molecule has 1 amide bonds. The monoisotopic (exact) mass is 266 g/mol. The van der Waals surface area contributed by atoms with Crippen molar-refractivity contribution in [2.45, 2.75) is 51.6 Å². The Morgan fingerprint density at radius 2 is 2.37 bits per heavy atom. The van der Waals surface area contributed by atoms with Crippen LogP contribution in [0.3, 0.4) is 0 Å². The van der Waals surface area contributed by atoms with E-state index < -0.39 is 0 Å². The van der Waals surface area contributed by atoms with Crippen LogP contribution in [0.1, 0.15) is 38.3 Å². The van der Waals surface area contributed by atoms with Gasteiger partial charge in [0.15, 0.2) is 0 Å². The number of carbonyl (C=O) groups excluding carboxylic acids is 1. The third kappa shape index (κ3) is 3.76. The summed E-state index contributed by atoms with van der Waals surface area (Å²) >= 11 is 0. The first-order chi connectivity index (χ1) is 9.20. The molecule has 1 saturated heterocycles. The number of likely N-dealkylation sites (tertiary alicyclic amines) is 1. The molecule has 1 aromatic rings. The smallest absolute Gasteiger partial charge is 0.244 e. The number of aliphatic hydroxyl groups excluding tert-OH is 1. The zero-order chi connectivity index (χ0) is 13.7. The topological polar surface area (TPSA) is 71.2 Å². The van der Waals surface area contributed by atoms with Gasteiger partial charge < -0.3 is 10.0 Å². The maximum Gasteiger partial charge on any atom is 0.244 e. The molecular weight excluding hydrogens is 244 g/mol. The molecule has 6 nitrogen and oxygen atoms in total. The van der Waals surface area contributed by atoms with E-state index in [1.54, 1.807) is 10.9 Å². The van der Waals surface area contributed by atoms with Crippen LogP contribution in [-0.2, 0) is 17.8 Å². The van der Waals surface area contributed by atoms with Crippen molar-refractivity contribution in [1.29, 1.82) is 0 Å². The molecule has 106 valence electrons. The van der Waals surface area contributed by atoms with Gasteiger partial charge >= 0.3 is 0 Å². The second-order valence-electron chi connectivity index (χ2n) is 5.17. The maximum absolute atomic E-state index is 12.2. The Kier molecular flexibility index (Phi) is 4.90. The van der Waals surface area contributed by atoms with Crippen molar-refractivity contribution in [2.24, 2.45) is 0 Å². The summed E-state index contributed by atoms with van der Waals surface area (Å²) in [7, 11) is 0. The molecule has 1 fully saturated rings. The van der Waals surface area contributed by atoms with Gasteiger partial charge in [0.05, 0.1) is 5.69 Å². The number of aromatic nitrogens is 3. The van der Waals surface area contributed by atoms with E-state index in [2.05, 4.69) is 17.2 Å². The molecule has 0 aliphatic carbocycles. The summed E-state index contributed by atoms with van der Waals surface area (Å²) in [6, 6.07) is 0.332. The first-order valence-corrected chi connectivity index (χ1v) is 7.00. The summed E-state index contributed by atoms with van der Waals surface area (Å²) in [5, 5.41) is 16.7. The second-order valence-corrected chi connectivity index (χ2v) is 5.17. The lowest BCUT2D eigenvalue weighted by molar-refractivity contribution is -0.135. The van der Waals surface area contributed by atoms with Crippen LogP contribution in [0.2, 0.25) is 0 Å². The number of rotatable bonds is 5. The Labute approximate surface area is 113 Å². The van der Waals surface area contributed by atoms with Gasteiger partial charge in [0.1, 0.15) is 6.54 Å². The molecule has 0 bridgehead atoms.